The van der Waals surface area contributed by atoms with Gasteiger partial charge in [0, 0.05) is 39.0 Å². The van der Waals surface area contributed by atoms with Crippen molar-refractivity contribution in [3.63, 3.8) is 0 Å². The van der Waals surface area contributed by atoms with Crippen LogP contribution in [0.5, 0.6) is 0 Å². The van der Waals surface area contributed by atoms with Gasteiger partial charge in [0.1, 0.15) is 0 Å². The van der Waals surface area contributed by atoms with Crippen LogP contribution in [-0.4, -0.2) is 12.6 Å². The van der Waals surface area contributed by atoms with Gasteiger partial charge in [0.2, 0.25) is 0 Å². The molecule has 1 heterocycles. The summed E-state index contributed by atoms with van der Waals surface area (Å²) in [7, 11) is -2.85. The molecule has 0 fully saturated rings. The molecule has 0 bridgehead atoms. The highest BCUT2D eigenvalue weighted by Crippen LogP contribution is 2.46. The number of para-hydroxylation sites is 4. The molecule has 1 N–H and O–H groups in total. The molecule has 3 heteroatoms. The largest absolute Gasteiger partial charge is 0.355 e. The molecular formula is C62H54N2Si. The second-order valence-corrected chi connectivity index (χ2v) is 23.0. The van der Waals surface area contributed by atoms with Crippen LogP contribution in [0.4, 0.5) is 11.4 Å². The number of rotatable bonds is 9. The average molecular weight is 855 g/mol. The number of aromatic nitrogens is 1. The van der Waals surface area contributed by atoms with Crippen molar-refractivity contribution < 1.29 is 0 Å². The van der Waals surface area contributed by atoms with Gasteiger partial charge in [-0.15, -0.1) is 0 Å². The highest BCUT2D eigenvalue weighted by molar-refractivity contribution is 7.20. The van der Waals surface area contributed by atoms with Crippen molar-refractivity contribution in [1.29, 1.82) is 0 Å². The fraction of sp³-hybridized carbons (Fsp3) is 0.129. The number of hydrogen-bond acceptors (Lipinski definition) is 1. The number of hydrogen-bond donors (Lipinski definition) is 1. The van der Waals surface area contributed by atoms with Crippen LogP contribution >= 0.6 is 0 Å². The molecule has 0 unspecified atom stereocenters. The fourth-order valence-electron chi connectivity index (χ4n) is 11.0. The molecule has 65 heavy (non-hydrogen) atoms. The second kappa shape index (κ2) is 16.1. The summed E-state index contributed by atoms with van der Waals surface area (Å²) in [5, 5.41) is 12.0. The van der Waals surface area contributed by atoms with Crippen LogP contribution in [0.3, 0.4) is 0 Å². The van der Waals surface area contributed by atoms with Crippen LogP contribution in [0.2, 0.25) is 0 Å². The maximum atomic E-state index is 3.97. The van der Waals surface area contributed by atoms with Gasteiger partial charge in [-0.3, -0.25) is 0 Å². The van der Waals surface area contributed by atoms with Crippen LogP contribution in [0.1, 0.15) is 51.7 Å². The van der Waals surface area contributed by atoms with E-state index in [2.05, 4.69) is 262 Å². The maximum absolute atomic E-state index is 3.97. The molecular weight excluding hydrogens is 801 g/mol. The Morgan fingerprint density at radius 1 is 0.415 bits per heavy atom. The standard InChI is InChI=1S/C62H54N2Si/c1-61(2)39-40-62(3,4)57-43-51(37-38-56(57)61)65(48-26-10-6-11-27-48,49-28-12-7-13-29-49)50-30-19-23-46(42-50)63-58-35-16-14-31-52(58)44-21-18-22-45(41-44)53-33-20-34-55-54-32-15-17-36-59(54)64(60(53)55)47-24-8-5-9-25-47/h5-38,41-43,63H,39-40H2,1-4H3. The van der Waals surface area contributed by atoms with Crippen molar-refractivity contribution in [2.75, 3.05) is 5.32 Å². The SMILES string of the molecule is CC1(C)CCC(C)(C)c2cc([Si](c3ccccc3)(c3ccccc3)c3cccc(Nc4ccccc4-c4cccc(-c5cccc6c7ccccc7n(-c7ccccc7)c56)c4)c3)ccc21. The van der Waals surface area contributed by atoms with E-state index in [1.165, 1.54) is 77.6 Å². The molecule has 0 aliphatic heterocycles. The predicted octanol–water partition coefficient (Wildman–Crippen LogP) is 13.6. The van der Waals surface area contributed by atoms with Gasteiger partial charge < -0.3 is 9.88 Å². The zero-order valence-corrected chi connectivity index (χ0v) is 38.7. The lowest BCUT2D eigenvalue weighted by atomic mass is 9.63. The molecule has 0 radical (unpaired) electrons. The molecule has 316 valence electrons. The number of fused-ring (bicyclic) bond motifs is 4. The van der Waals surface area contributed by atoms with E-state index in [0.29, 0.717) is 0 Å². The number of nitrogens with zero attached hydrogens (tertiary/aromatic N) is 1. The predicted molar refractivity (Wildman–Crippen MR) is 280 cm³/mol. The maximum Gasteiger partial charge on any atom is 0.179 e. The Morgan fingerprint density at radius 3 is 1.69 bits per heavy atom. The first-order valence-electron chi connectivity index (χ1n) is 23.1. The van der Waals surface area contributed by atoms with Crippen molar-refractivity contribution in [3.8, 4) is 27.9 Å². The van der Waals surface area contributed by atoms with E-state index in [4.69, 9.17) is 0 Å². The molecule has 9 aromatic carbocycles. The Morgan fingerprint density at radius 2 is 0.954 bits per heavy atom. The van der Waals surface area contributed by atoms with Crippen molar-refractivity contribution in [1.82, 2.24) is 4.57 Å². The van der Waals surface area contributed by atoms with Crippen molar-refractivity contribution >= 4 is 62.0 Å². The summed E-state index contributed by atoms with van der Waals surface area (Å²) in [5.74, 6) is 0. The molecule has 0 amide bonds. The monoisotopic (exact) mass is 854 g/mol. The number of benzene rings is 9. The van der Waals surface area contributed by atoms with Gasteiger partial charge in [0.05, 0.1) is 11.0 Å². The summed E-state index contributed by atoms with van der Waals surface area (Å²) >= 11 is 0. The zero-order valence-electron chi connectivity index (χ0n) is 37.7. The van der Waals surface area contributed by atoms with Gasteiger partial charge in [0.15, 0.2) is 8.07 Å². The highest BCUT2D eigenvalue weighted by Gasteiger charge is 2.44. The van der Waals surface area contributed by atoms with Gasteiger partial charge in [-0.1, -0.05) is 210 Å². The van der Waals surface area contributed by atoms with Gasteiger partial charge in [-0.05, 0) is 109 Å². The molecule has 10 aromatic rings. The molecule has 2 nitrogen and oxygen atoms in total. The Kier molecular flexibility index (Phi) is 10.0. The lowest BCUT2D eigenvalue weighted by molar-refractivity contribution is 0.332. The van der Waals surface area contributed by atoms with Gasteiger partial charge in [0.25, 0.3) is 0 Å². The van der Waals surface area contributed by atoms with E-state index in [1.807, 2.05) is 0 Å². The quantitative estimate of drug-likeness (QED) is 0.113. The summed E-state index contributed by atoms with van der Waals surface area (Å²) in [6, 6.07) is 83.6. The van der Waals surface area contributed by atoms with Crippen LogP contribution < -0.4 is 26.1 Å². The summed E-state index contributed by atoms with van der Waals surface area (Å²) in [4.78, 5) is 0. The molecule has 1 aromatic heterocycles. The minimum Gasteiger partial charge on any atom is -0.355 e. The third-order valence-corrected chi connectivity index (χ3v) is 19.1. The summed E-state index contributed by atoms with van der Waals surface area (Å²) in [6.45, 7) is 9.74. The second-order valence-electron chi connectivity index (χ2n) is 19.2. The Labute approximate surface area is 384 Å². The minimum absolute atomic E-state index is 0.0889. The lowest BCUT2D eigenvalue weighted by Gasteiger charge is -2.43. The topological polar surface area (TPSA) is 17.0 Å². The molecule has 11 rings (SSSR count). The van der Waals surface area contributed by atoms with E-state index in [0.717, 1.165) is 28.2 Å². The normalized spacial score (nSPS) is 14.3. The first-order valence-corrected chi connectivity index (χ1v) is 25.1. The van der Waals surface area contributed by atoms with Crippen LogP contribution in [0.15, 0.2) is 224 Å². The number of nitrogens with one attached hydrogen (secondary N) is 1. The average Bonchev–Trinajstić information content (AvgIpc) is 3.69. The fourth-order valence-corrected chi connectivity index (χ4v) is 15.8. The van der Waals surface area contributed by atoms with Gasteiger partial charge in [-0.2, -0.15) is 0 Å². The molecule has 1 aliphatic rings. The Hall–Kier alpha value is -7.20. The van der Waals surface area contributed by atoms with E-state index < -0.39 is 8.07 Å². The minimum atomic E-state index is -2.85. The Bertz CT molecular complexity index is 3300. The van der Waals surface area contributed by atoms with E-state index in [1.54, 1.807) is 0 Å². The molecule has 1 aliphatic carbocycles. The molecule has 0 saturated heterocycles. The van der Waals surface area contributed by atoms with Gasteiger partial charge in [-0.25, -0.2) is 0 Å². The number of anilines is 2. The smallest absolute Gasteiger partial charge is 0.179 e. The van der Waals surface area contributed by atoms with Crippen molar-refractivity contribution in [2.24, 2.45) is 0 Å². The van der Waals surface area contributed by atoms with Crippen LogP contribution in [0.25, 0.3) is 49.7 Å². The van der Waals surface area contributed by atoms with Gasteiger partial charge >= 0.3 is 0 Å². The van der Waals surface area contributed by atoms with Crippen molar-refractivity contribution in [3.05, 3.63) is 236 Å². The summed E-state index contributed by atoms with van der Waals surface area (Å²) in [5.41, 5.74) is 13.7. The molecule has 0 atom stereocenters. The third kappa shape index (κ3) is 6.94. The lowest BCUT2D eigenvalue weighted by Crippen LogP contribution is -2.75. The highest BCUT2D eigenvalue weighted by atomic mass is 28.3. The van der Waals surface area contributed by atoms with Crippen LogP contribution in [0, 0.1) is 0 Å². The van der Waals surface area contributed by atoms with E-state index in [9.17, 15) is 0 Å². The summed E-state index contributed by atoms with van der Waals surface area (Å²) in [6.07, 6.45) is 2.37. The third-order valence-electron chi connectivity index (χ3n) is 14.4. The first-order chi connectivity index (χ1) is 31.7. The van der Waals surface area contributed by atoms with E-state index >= 15 is 0 Å². The zero-order chi connectivity index (χ0) is 44.2. The van der Waals surface area contributed by atoms with E-state index in [-0.39, 0.29) is 10.8 Å². The van der Waals surface area contributed by atoms with Crippen LogP contribution in [-0.2, 0) is 10.8 Å². The Balaban J connectivity index is 1.04. The molecule has 0 spiro atoms. The van der Waals surface area contributed by atoms with Crippen molar-refractivity contribution in [2.45, 2.75) is 51.4 Å². The summed E-state index contributed by atoms with van der Waals surface area (Å²) < 4.78 is 2.43. The molecule has 0 saturated carbocycles. The first kappa shape index (κ1) is 40.6.